The zero-order valence-corrected chi connectivity index (χ0v) is 19.2. The van der Waals surface area contributed by atoms with Gasteiger partial charge in [-0.15, -0.1) is 0 Å². The highest BCUT2D eigenvalue weighted by atomic mass is 16.5. The molecule has 2 amide bonds. The lowest BCUT2D eigenvalue weighted by atomic mass is 9.69. The van der Waals surface area contributed by atoms with Crippen molar-refractivity contribution in [2.45, 2.75) is 45.6 Å². The Kier molecular flexibility index (Phi) is 6.82. The predicted molar refractivity (Wildman–Crippen MR) is 122 cm³/mol. The lowest BCUT2D eigenvalue weighted by molar-refractivity contribution is -0.140. The molecule has 0 saturated carbocycles. The Hall–Kier alpha value is -2.44. The van der Waals surface area contributed by atoms with E-state index in [1.54, 1.807) is 19.2 Å². The fourth-order valence-electron chi connectivity index (χ4n) is 5.57. The van der Waals surface area contributed by atoms with E-state index in [0.29, 0.717) is 26.2 Å². The SMILES string of the molecule is CCCN1C(=O)[C@@H]2[C@@H](CC(COC)=C3[C@@H](CC/C(C)=C/c4ccc(O)cc4)OC[C@@H]32)C1=O. The molecule has 6 heteroatoms. The summed E-state index contributed by atoms with van der Waals surface area (Å²) in [6.45, 7) is 5.56. The van der Waals surface area contributed by atoms with Gasteiger partial charge in [0.2, 0.25) is 11.8 Å². The Labute approximate surface area is 189 Å². The number of allylic oxidation sites excluding steroid dienone is 1. The van der Waals surface area contributed by atoms with Crippen molar-refractivity contribution in [1.82, 2.24) is 4.90 Å². The molecular formula is C26H33NO5. The summed E-state index contributed by atoms with van der Waals surface area (Å²) in [5.74, 6) is -0.367. The highest BCUT2D eigenvalue weighted by Crippen LogP contribution is 2.49. The first-order valence-corrected chi connectivity index (χ1v) is 11.6. The second-order valence-corrected chi connectivity index (χ2v) is 9.21. The van der Waals surface area contributed by atoms with Gasteiger partial charge in [0.05, 0.1) is 31.2 Å². The van der Waals surface area contributed by atoms with Crippen LogP contribution in [0.4, 0.5) is 0 Å². The molecule has 0 radical (unpaired) electrons. The molecule has 6 nitrogen and oxygen atoms in total. The summed E-state index contributed by atoms with van der Waals surface area (Å²) in [6.07, 6.45) is 5.14. The number of ether oxygens (including phenoxy) is 2. The largest absolute Gasteiger partial charge is 0.508 e. The van der Waals surface area contributed by atoms with Crippen LogP contribution in [-0.4, -0.2) is 54.8 Å². The summed E-state index contributed by atoms with van der Waals surface area (Å²) < 4.78 is 11.7. The molecule has 3 aliphatic rings. The Bertz CT molecular complexity index is 932. The number of hydrogen-bond acceptors (Lipinski definition) is 5. The van der Waals surface area contributed by atoms with Gasteiger partial charge in [0.15, 0.2) is 0 Å². The summed E-state index contributed by atoms with van der Waals surface area (Å²) in [5, 5.41) is 9.46. The fourth-order valence-corrected chi connectivity index (χ4v) is 5.57. The lowest BCUT2D eigenvalue weighted by Crippen LogP contribution is -2.35. The molecule has 0 bridgehead atoms. The Morgan fingerprint density at radius 3 is 2.66 bits per heavy atom. The summed E-state index contributed by atoms with van der Waals surface area (Å²) in [7, 11) is 1.68. The zero-order valence-electron chi connectivity index (χ0n) is 19.2. The molecule has 172 valence electrons. The average molecular weight is 440 g/mol. The van der Waals surface area contributed by atoms with Crippen molar-refractivity contribution < 1.29 is 24.2 Å². The molecule has 1 aromatic carbocycles. The minimum atomic E-state index is -0.289. The van der Waals surface area contributed by atoms with Crippen molar-refractivity contribution in [3.05, 3.63) is 46.5 Å². The van der Waals surface area contributed by atoms with Crippen LogP contribution in [0.3, 0.4) is 0 Å². The predicted octanol–water partition coefficient (Wildman–Crippen LogP) is 3.95. The van der Waals surface area contributed by atoms with Gasteiger partial charge in [-0.25, -0.2) is 0 Å². The van der Waals surface area contributed by atoms with Crippen molar-refractivity contribution in [3.8, 4) is 5.75 Å². The zero-order chi connectivity index (χ0) is 22.8. The van der Waals surface area contributed by atoms with Crippen LogP contribution in [0.1, 0.15) is 45.1 Å². The van der Waals surface area contributed by atoms with Crippen molar-refractivity contribution in [2.24, 2.45) is 17.8 Å². The number of carbonyl (C=O) groups excluding carboxylic acids is 2. The Balaban J connectivity index is 1.52. The number of nitrogens with zero attached hydrogens (tertiary/aromatic N) is 1. The van der Waals surface area contributed by atoms with E-state index in [-0.39, 0.29) is 41.4 Å². The van der Waals surface area contributed by atoms with Crippen LogP contribution in [0.5, 0.6) is 5.75 Å². The number of carbonyl (C=O) groups is 2. The number of likely N-dealkylation sites (tertiary alicyclic amines) is 1. The number of fused-ring (bicyclic) bond motifs is 3. The van der Waals surface area contributed by atoms with Crippen LogP contribution < -0.4 is 0 Å². The van der Waals surface area contributed by atoms with E-state index >= 15 is 0 Å². The monoisotopic (exact) mass is 439 g/mol. The number of imide groups is 1. The molecule has 4 atom stereocenters. The first-order chi connectivity index (χ1) is 15.4. The van der Waals surface area contributed by atoms with Gasteiger partial charge < -0.3 is 14.6 Å². The van der Waals surface area contributed by atoms with Gasteiger partial charge in [-0.05, 0) is 61.4 Å². The number of benzene rings is 1. The fraction of sp³-hybridized carbons (Fsp3) is 0.538. The van der Waals surface area contributed by atoms with Crippen LogP contribution in [0.25, 0.3) is 6.08 Å². The topological polar surface area (TPSA) is 76.1 Å². The average Bonchev–Trinajstić information content (AvgIpc) is 3.30. The maximum atomic E-state index is 13.1. The molecule has 2 aliphatic heterocycles. The van der Waals surface area contributed by atoms with Crippen molar-refractivity contribution in [2.75, 3.05) is 26.9 Å². The molecule has 0 aromatic heterocycles. The maximum absolute atomic E-state index is 13.1. The van der Waals surface area contributed by atoms with Gasteiger partial charge >= 0.3 is 0 Å². The third-order valence-electron chi connectivity index (χ3n) is 6.97. The van der Waals surface area contributed by atoms with Crippen LogP contribution in [0.2, 0.25) is 0 Å². The molecule has 1 aromatic rings. The number of aromatic hydroxyl groups is 1. The van der Waals surface area contributed by atoms with Crippen LogP contribution in [0, 0.1) is 17.8 Å². The van der Waals surface area contributed by atoms with Gasteiger partial charge in [-0.2, -0.15) is 0 Å². The minimum Gasteiger partial charge on any atom is -0.508 e. The molecule has 32 heavy (non-hydrogen) atoms. The summed E-state index contributed by atoms with van der Waals surface area (Å²) in [4.78, 5) is 27.5. The molecule has 2 saturated heterocycles. The Morgan fingerprint density at radius 1 is 1.22 bits per heavy atom. The second kappa shape index (κ2) is 9.59. The van der Waals surface area contributed by atoms with E-state index in [1.165, 1.54) is 16.0 Å². The molecule has 0 spiro atoms. The van der Waals surface area contributed by atoms with E-state index < -0.39 is 0 Å². The van der Waals surface area contributed by atoms with Crippen molar-refractivity contribution in [3.63, 3.8) is 0 Å². The summed E-state index contributed by atoms with van der Waals surface area (Å²) >= 11 is 0. The van der Waals surface area contributed by atoms with E-state index in [4.69, 9.17) is 9.47 Å². The van der Waals surface area contributed by atoms with Gasteiger partial charge in [0, 0.05) is 19.6 Å². The standard InChI is InChI=1S/C26H33NO5/c1-4-11-27-25(29)20-13-18(14-31-3)23-21(24(20)26(27)30)15-32-22(23)10-5-16(2)12-17-6-8-19(28)9-7-17/h6-9,12,20-22,24,28H,4-5,10-11,13-15H2,1-3H3/b16-12+/t20-,21+,22-,24-/m1/s1. The summed E-state index contributed by atoms with van der Waals surface area (Å²) in [5.41, 5.74) is 4.62. The lowest BCUT2D eigenvalue weighted by Gasteiger charge is -2.31. The second-order valence-electron chi connectivity index (χ2n) is 9.21. The molecular weight excluding hydrogens is 406 g/mol. The normalized spacial score (nSPS) is 27.8. The number of rotatable bonds is 8. The Morgan fingerprint density at radius 2 is 1.97 bits per heavy atom. The van der Waals surface area contributed by atoms with E-state index in [2.05, 4.69) is 13.0 Å². The van der Waals surface area contributed by atoms with E-state index in [9.17, 15) is 14.7 Å². The van der Waals surface area contributed by atoms with Crippen molar-refractivity contribution in [1.29, 1.82) is 0 Å². The van der Waals surface area contributed by atoms with Gasteiger partial charge in [0.1, 0.15) is 5.75 Å². The van der Waals surface area contributed by atoms with Crippen molar-refractivity contribution >= 4 is 17.9 Å². The third-order valence-corrected chi connectivity index (χ3v) is 6.97. The van der Waals surface area contributed by atoms with Crippen LogP contribution in [-0.2, 0) is 19.1 Å². The maximum Gasteiger partial charge on any atom is 0.233 e. The summed E-state index contributed by atoms with van der Waals surface area (Å²) in [6, 6.07) is 7.16. The van der Waals surface area contributed by atoms with Crippen LogP contribution in [0.15, 0.2) is 41.0 Å². The molecule has 2 heterocycles. The number of methoxy groups -OCH3 is 1. The van der Waals surface area contributed by atoms with Crippen LogP contribution >= 0.6 is 0 Å². The first-order valence-electron chi connectivity index (χ1n) is 11.6. The molecule has 4 rings (SSSR count). The molecule has 1 N–H and O–H groups in total. The molecule has 2 fully saturated rings. The van der Waals surface area contributed by atoms with Gasteiger partial charge in [-0.3, -0.25) is 14.5 Å². The number of hydrogen-bond donors (Lipinski definition) is 1. The quantitative estimate of drug-likeness (QED) is 0.490. The number of phenolic OH excluding ortho intramolecular Hbond substituents is 1. The smallest absolute Gasteiger partial charge is 0.233 e. The highest BCUT2D eigenvalue weighted by molar-refractivity contribution is 6.05. The number of amides is 2. The first kappa shape index (κ1) is 22.7. The highest BCUT2D eigenvalue weighted by Gasteiger charge is 2.56. The number of phenols is 1. The third kappa shape index (κ3) is 4.26. The van der Waals surface area contributed by atoms with E-state index in [0.717, 1.165) is 30.4 Å². The van der Waals surface area contributed by atoms with E-state index in [1.807, 2.05) is 19.1 Å². The van der Waals surface area contributed by atoms with Gasteiger partial charge in [-0.1, -0.05) is 30.7 Å². The minimum absolute atomic E-state index is 0.0199. The molecule has 1 aliphatic carbocycles. The molecule has 0 unspecified atom stereocenters. The van der Waals surface area contributed by atoms with Gasteiger partial charge in [0.25, 0.3) is 0 Å².